The molecule has 0 bridgehead atoms. The van der Waals surface area contributed by atoms with Gasteiger partial charge in [0.25, 0.3) is 17.0 Å². The van der Waals surface area contributed by atoms with Crippen LogP contribution in [-0.2, 0) is 6.54 Å². The first-order valence-electron chi connectivity index (χ1n) is 9.81. The van der Waals surface area contributed by atoms with E-state index in [2.05, 4.69) is 9.97 Å². The molecule has 0 saturated heterocycles. The first-order valence-corrected chi connectivity index (χ1v) is 9.81. The second kappa shape index (κ2) is 8.76. The van der Waals surface area contributed by atoms with Crippen molar-refractivity contribution >= 4 is 23.1 Å². The second-order valence-electron chi connectivity index (χ2n) is 6.86. The molecule has 158 valence electrons. The monoisotopic (exact) mass is 412 g/mol. The summed E-state index contributed by atoms with van der Waals surface area (Å²) in [6, 6.07) is 5.03. The van der Waals surface area contributed by atoms with Gasteiger partial charge in [0.1, 0.15) is 17.0 Å². The van der Waals surface area contributed by atoms with E-state index in [9.17, 15) is 19.2 Å². The highest BCUT2D eigenvalue weighted by molar-refractivity contribution is 6.06. The summed E-state index contributed by atoms with van der Waals surface area (Å²) in [5, 5.41) is 0. The Labute approximate surface area is 171 Å². The summed E-state index contributed by atoms with van der Waals surface area (Å²) in [7, 11) is 0. The number of unbranched alkanes of at least 4 members (excludes halogenated alkanes) is 1. The zero-order chi connectivity index (χ0) is 21.8. The van der Waals surface area contributed by atoms with Crippen LogP contribution in [0.25, 0.3) is 5.65 Å². The third-order valence-electron chi connectivity index (χ3n) is 4.76. The van der Waals surface area contributed by atoms with E-state index in [0.29, 0.717) is 18.5 Å². The summed E-state index contributed by atoms with van der Waals surface area (Å²) in [5.74, 6) is -0.804. The van der Waals surface area contributed by atoms with Crippen molar-refractivity contribution in [1.82, 2.24) is 18.9 Å². The number of nitrogens with one attached hydrogen (secondary N) is 1. The molecular weight excluding hydrogens is 388 g/mol. The topological polar surface area (TPSA) is 136 Å². The van der Waals surface area contributed by atoms with Crippen LogP contribution in [-0.4, -0.2) is 31.4 Å². The summed E-state index contributed by atoms with van der Waals surface area (Å²) in [5.41, 5.74) is 4.24. The minimum absolute atomic E-state index is 0.107. The van der Waals surface area contributed by atoms with E-state index in [4.69, 9.17) is 5.73 Å². The van der Waals surface area contributed by atoms with Gasteiger partial charge in [-0.25, -0.2) is 9.78 Å². The molecule has 30 heavy (non-hydrogen) atoms. The highest BCUT2D eigenvalue weighted by Gasteiger charge is 2.27. The number of anilines is 2. The number of H-pyrrole nitrogens is 1. The fraction of sp³-hybridized carbons (Fsp3) is 0.350. The van der Waals surface area contributed by atoms with Crippen LogP contribution in [0.2, 0.25) is 0 Å². The Kier molecular flexibility index (Phi) is 6.14. The Morgan fingerprint density at radius 3 is 2.67 bits per heavy atom. The minimum Gasteiger partial charge on any atom is -0.383 e. The standard InChI is InChI=1S/C20H24N6O4/c1-3-5-10-25(15-16(21)26(9-4-2)20(30)23-17(15)27)19(29)13-12-22-14-8-6-7-11-24(14)18(13)28/h6-8,11-12H,3-5,9-10,21H2,1-2H3,(H,23,27,30). The van der Waals surface area contributed by atoms with E-state index >= 15 is 0 Å². The lowest BCUT2D eigenvalue weighted by Gasteiger charge is -2.24. The number of carbonyl (C=O) groups excluding carboxylic acids is 1. The molecule has 0 atom stereocenters. The van der Waals surface area contributed by atoms with Crippen molar-refractivity contribution in [2.24, 2.45) is 0 Å². The average Bonchev–Trinajstić information content (AvgIpc) is 2.73. The number of rotatable bonds is 7. The average molecular weight is 412 g/mol. The van der Waals surface area contributed by atoms with E-state index in [-0.39, 0.29) is 30.2 Å². The predicted octanol–water partition coefficient (Wildman–Crippen LogP) is 0.984. The Morgan fingerprint density at radius 1 is 1.20 bits per heavy atom. The Bertz CT molecular complexity index is 1260. The molecule has 10 heteroatoms. The van der Waals surface area contributed by atoms with Gasteiger partial charge in [0, 0.05) is 25.5 Å². The summed E-state index contributed by atoms with van der Waals surface area (Å²) in [6.07, 6.45) is 4.63. The molecule has 0 spiro atoms. The van der Waals surface area contributed by atoms with Crippen LogP contribution < -0.4 is 27.4 Å². The van der Waals surface area contributed by atoms with Crippen LogP contribution in [0, 0.1) is 0 Å². The molecule has 1 amide bonds. The molecule has 0 unspecified atom stereocenters. The minimum atomic E-state index is -0.775. The smallest absolute Gasteiger partial charge is 0.330 e. The van der Waals surface area contributed by atoms with E-state index in [1.807, 2.05) is 13.8 Å². The zero-order valence-corrected chi connectivity index (χ0v) is 16.9. The van der Waals surface area contributed by atoms with Crippen molar-refractivity contribution in [2.45, 2.75) is 39.7 Å². The number of pyridine rings is 1. The van der Waals surface area contributed by atoms with E-state index in [1.54, 1.807) is 18.2 Å². The molecular formula is C20H24N6O4. The van der Waals surface area contributed by atoms with Gasteiger partial charge in [0.05, 0.1) is 0 Å². The van der Waals surface area contributed by atoms with Crippen molar-refractivity contribution in [3.63, 3.8) is 0 Å². The highest BCUT2D eigenvalue weighted by atomic mass is 16.2. The van der Waals surface area contributed by atoms with Crippen LogP contribution >= 0.6 is 0 Å². The van der Waals surface area contributed by atoms with Crippen LogP contribution in [0.3, 0.4) is 0 Å². The third kappa shape index (κ3) is 3.76. The van der Waals surface area contributed by atoms with Gasteiger partial charge in [0.2, 0.25) is 0 Å². The zero-order valence-electron chi connectivity index (χ0n) is 16.9. The summed E-state index contributed by atoms with van der Waals surface area (Å²) in [4.78, 5) is 58.5. The largest absolute Gasteiger partial charge is 0.383 e. The number of hydrogen-bond donors (Lipinski definition) is 2. The molecule has 3 N–H and O–H groups in total. The van der Waals surface area contributed by atoms with Gasteiger partial charge in [-0.15, -0.1) is 0 Å². The first-order chi connectivity index (χ1) is 14.4. The molecule has 0 fully saturated rings. The Morgan fingerprint density at radius 2 is 1.97 bits per heavy atom. The van der Waals surface area contributed by atoms with E-state index in [0.717, 1.165) is 11.3 Å². The van der Waals surface area contributed by atoms with Gasteiger partial charge < -0.3 is 10.6 Å². The number of amides is 1. The number of hydrogen-bond acceptors (Lipinski definition) is 6. The van der Waals surface area contributed by atoms with E-state index in [1.165, 1.54) is 21.4 Å². The molecule has 3 aromatic rings. The molecule has 0 aliphatic carbocycles. The van der Waals surface area contributed by atoms with Gasteiger partial charge >= 0.3 is 5.69 Å². The Hall–Kier alpha value is -3.69. The van der Waals surface area contributed by atoms with Crippen LogP contribution in [0.4, 0.5) is 11.5 Å². The van der Waals surface area contributed by atoms with Gasteiger partial charge in [-0.2, -0.15) is 0 Å². The maximum atomic E-state index is 13.4. The molecule has 0 aromatic carbocycles. The van der Waals surface area contributed by atoms with Gasteiger partial charge in [0.15, 0.2) is 5.69 Å². The Balaban J connectivity index is 2.19. The van der Waals surface area contributed by atoms with E-state index < -0.39 is 22.7 Å². The molecule has 10 nitrogen and oxygen atoms in total. The summed E-state index contributed by atoms with van der Waals surface area (Å²) in [6.45, 7) is 4.23. The maximum Gasteiger partial charge on any atom is 0.330 e. The van der Waals surface area contributed by atoms with Crippen molar-refractivity contribution in [3.8, 4) is 0 Å². The number of nitrogens with zero attached hydrogens (tertiary/aromatic N) is 4. The molecule has 0 aliphatic heterocycles. The quantitative estimate of drug-likeness (QED) is 0.594. The molecule has 0 aliphatic rings. The predicted molar refractivity (Wildman–Crippen MR) is 114 cm³/mol. The van der Waals surface area contributed by atoms with Crippen molar-refractivity contribution in [3.05, 3.63) is 67.3 Å². The fourth-order valence-electron chi connectivity index (χ4n) is 3.23. The number of fused-ring (bicyclic) bond motifs is 1. The van der Waals surface area contributed by atoms with Gasteiger partial charge in [-0.05, 0) is 25.0 Å². The van der Waals surface area contributed by atoms with Crippen LogP contribution in [0.5, 0.6) is 0 Å². The lowest BCUT2D eigenvalue weighted by Crippen LogP contribution is -2.43. The molecule has 0 radical (unpaired) electrons. The third-order valence-corrected chi connectivity index (χ3v) is 4.76. The molecule has 0 saturated carbocycles. The molecule has 3 aromatic heterocycles. The summed E-state index contributed by atoms with van der Waals surface area (Å²) < 4.78 is 2.48. The number of nitrogen functional groups attached to an aromatic ring is 1. The van der Waals surface area contributed by atoms with Crippen molar-refractivity contribution < 1.29 is 4.79 Å². The van der Waals surface area contributed by atoms with Crippen LogP contribution in [0.1, 0.15) is 43.5 Å². The van der Waals surface area contributed by atoms with Crippen molar-refractivity contribution in [2.75, 3.05) is 17.2 Å². The van der Waals surface area contributed by atoms with Crippen LogP contribution in [0.15, 0.2) is 45.0 Å². The maximum absolute atomic E-state index is 13.4. The van der Waals surface area contributed by atoms with Crippen molar-refractivity contribution in [1.29, 1.82) is 0 Å². The lowest BCUT2D eigenvalue weighted by atomic mass is 10.2. The number of aromatic amines is 1. The normalized spacial score (nSPS) is 11.0. The first kappa shape index (κ1) is 21.0. The highest BCUT2D eigenvalue weighted by Crippen LogP contribution is 2.19. The number of aromatic nitrogens is 4. The molecule has 3 heterocycles. The fourth-order valence-corrected chi connectivity index (χ4v) is 3.23. The second-order valence-corrected chi connectivity index (χ2v) is 6.86. The SMILES string of the molecule is CCCCN(C(=O)c1cnc2ccccn2c1=O)c1c(N)n(CCC)c(=O)[nH]c1=O. The molecule has 3 rings (SSSR count). The summed E-state index contributed by atoms with van der Waals surface area (Å²) >= 11 is 0. The number of carbonyl (C=O) groups is 1. The van der Waals surface area contributed by atoms with Gasteiger partial charge in [-0.3, -0.25) is 28.3 Å². The lowest BCUT2D eigenvalue weighted by molar-refractivity contribution is 0.0984. The number of nitrogens with two attached hydrogens (primary N) is 1. The van der Waals surface area contributed by atoms with Gasteiger partial charge in [-0.1, -0.05) is 26.3 Å².